The van der Waals surface area contributed by atoms with E-state index in [9.17, 15) is 9.59 Å². The molecule has 1 unspecified atom stereocenters. The summed E-state index contributed by atoms with van der Waals surface area (Å²) < 4.78 is 7.18. The zero-order valence-electron chi connectivity index (χ0n) is 17.2. The first kappa shape index (κ1) is 20.3. The van der Waals surface area contributed by atoms with Gasteiger partial charge in [0.1, 0.15) is 0 Å². The Morgan fingerprint density at radius 2 is 2.16 bits per heavy atom. The number of nitrogens with zero attached hydrogens (tertiary/aromatic N) is 3. The molecule has 1 atom stereocenters. The highest BCUT2D eigenvalue weighted by atomic mass is 32.1. The van der Waals surface area contributed by atoms with Crippen LogP contribution in [0.25, 0.3) is 16.9 Å². The third kappa shape index (κ3) is 4.12. The van der Waals surface area contributed by atoms with Crippen LogP contribution in [0, 0.1) is 0 Å². The van der Waals surface area contributed by atoms with Gasteiger partial charge >= 0.3 is 6.03 Å². The van der Waals surface area contributed by atoms with Gasteiger partial charge in [-0.2, -0.15) is 5.10 Å². The minimum absolute atomic E-state index is 0.0862. The van der Waals surface area contributed by atoms with Crippen LogP contribution in [0.2, 0.25) is 0 Å². The second kappa shape index (κ2) is 8.89. The fraction of sp³-hybridized carbons (Fsp3) is 0.217. The molecule has 1 saturated heterocycles. The minimum Gasteiger partial charge on any atom is -0.376 e. The quantitative estimate of drug-likeness (QED) is 0.436. The molecule has 2 N–H and O–H groups in total. The maximum absolute atomic E-state index is 12.8. The van der Waals surface area contributed by atoms with Gasteiger partial charge in [0.05, 0.1) is 28.4 Å². The predicted molar refractivity (Wildman–Crippen MR) is 122 cm³/mol. The number of fused-ring (bicyclic) bond motifs is 1. The second-order valence-corrected chi connectivity index (χ2v) is 8.43. The molecule has 8 nitrogen and oxygen atoms in total. The number of aromatic nitrogens is 3. The molecule has 1 aromatic carbocycles. The number of thiophene rings is 1. The molecule has 0 bridgehead atoms. The van der Waals surface area contributed by atoms with E-state index >= 15 is 0 Å². The van der Waals surface area contributed by atoms with Crippen molar-refractivity contribution >= 4 is 34.5 Å². The Balaban J connectivity index is 1.37. The molecule has 2 amide bonds. The first-order chi connectivity index (χ1) is 15.7. The van der Waals surface area contributed by atoms with Crippen molar-refractivity contribution in [2.45, 2.75) is 18.9 Å². The third-order valence-electron chi connectivity index (χ3n) is 5.32. The molecule has 162 valence electrons. The number of ether oxygens (including phenoxy) is 1. The molecule has 4 heterocycles. The Morgan fingerprint density at radius 1 is 1.22 bits per heavy atom. The first-order valence-electron chi connectivity index (χ1n) is 10.4. The number of anilines is 1. The number of hydrogen-bond donors (Lipinski definition) is 2. The van der Waals surface area contributed by atoms with Gasteiger partial charge in [0.25, 0.3) is 0 Å². The molecule has 9 heteroatoms. The standard InChI is InChI=1S/C23H21N5O3S/c29-21(20-7-3-11-32-20)18-14-26-28-19(8-9-24-22(18)28)15-4-1-5-16(12-15)27-23(30)25-13-17-6-2-10-31-17/h1,3-5,7-9,11-12,14,17H,2,6,10,13H2,(H2,25,27,30). The Bertz CT molecular complexity index is 1260. The molecule has 0 radical (unpaired) electrons. The van der Waals surface area contributed by atoms with Gasteiger partial charge in [0, 0.05) is 30.6 Å². The number of rotatable bonds is 6. The van der Waals surface area contributed by atoms with Gasteiger partial charge in [-0.25, -0.2) is 14.3 Å². The van der Waals surface area contributed by atoms with E-state index in [1.165, 1.54) is 11.3 Å². The zero-order valence-corrected chi connectivity index (χ0v) is 18.0. The molecule has 0 spiro atoms. The zero-order chi connectivity index (χ0) is 21.9. The minimum atomic E-state index is -0.277. The lowest BCUT2D eigenvalue weighted by atomic mass is 10.1. The average molecular weight is 448 g/mol. The van der Waals surface area contributed by atoms with Crippen molar-refractivity contribution in [1.29, 1.82) is 0 Å². The normalized spacial score (nSPS) is 15.7. The second-order valence-electron chi connectivity index (χ2n) is 7.48. The fourth-order valence-corrected chi connectivity index (χ4v) is 4.43. The van der Waals surface area contributed by atoms with E-state index in [-0.39, 0.29) is 17.9 Å². The maximum atomic E-state index is 12.8. The smallest absolute Gasteiger partial charge is 0.319 e. The van der Waals surface area contributed by atoms with Crippen LogP contribution in [-0.4, -0.2) is 45.7 Å². The highest BCUT2D eigenvalue weighted by Crippen LogP contribution is 2.25. The van der Waals surface area contributed by atoms with Crippen molar-refractivity contribution in [2.24, 2.45) is 0 Å². The van der Waals surface area contributed by atoms with Crippen LogP contribution >= 0.6 is 11.3 Å². The highest BCUT2D eigenvalue weighted by molar-refractivity contribution is 7.12. The molecule has 0 aliphatic carbocycles. The molecular weight excluding hydrogens is 426 g/mol. The van der Waals surface area contributed by atoms with Crippen molar-refractivity contribution in [1.82, 2.24) is 19.9 Å². The molecule has 32 heavy (non-hydrogen) atoms. The van der Waals surface area contributed by atoms with Crippen LogP contribution in [0.4, 0.5) is 10.5 Å². The Labute approximate surface area is 188 Å². The lowest BCUT2D eigenvalue weighted by Gasteiger charge is -2.12. The molecule has 1 aliphatic rings. The Morgan fingerprint density at radius 3 is 2.97 bits per heavy atom. The number of amides is 2. The summed E-state index contributed by atoms with van der Waals surface area (Å²) in [6.07, 6.45) is 5.29. The summed E-state index contributed by atoms with van der Waals surface area (Å²) in [5.41, 5.74) is 3.21. The van der Waals surface area contributed by atoms with Crippen LogP contribution in [0.5, 0.6) is 0 Å². The van der Waals surface area contributed by atoms with Crippen molar-refractivity contribution in [3.05, 3.63) is 70.7 Å². The lowest BCUT2D eigenvalue weighted by molar-refractivity contribution is 0.104. The average Bonchev–Trinajstić information content (AvgIpc) is 3.59. The Kier molecular flexibility index (Phi) is 5.66. The van der Waals surface area contributed by atoms with Gasteiger partial charge in [0.15, 0.2) is 5.65 Å². The summed E-state index contributed by atoms with van der Waals surface area (Å²) in [5.74, 6) is -0.0991. The van der Waals surface area contributed by atoms with Crippen LogP contribution in [0.15, 0.2) is 60.2 Å². The molecule has 4 aromatic rings. The van der Waals surface area contributed by atoms with Crippen molar-refractivity contribution in [3.8, 4) is 11.3 Å². The number of nitrogens with one attached hydrogen (secondary N) is 2. The number of hydrogen-bond acceptors (Lipinski definition) is 6. The summed E-state index contributed by atoms with van der Waals surface area (Å²) in [6, 6.07) is 12.7. The molecular formula is C23H21N5O3S. The van der Waals surface area contributed by atoms with E-state index in [1.807, 2.05) is 41.8 Å². The van der Waals surface area contributed by atoms with E-state index in [1.54, 1.807) is 23.0 Å². The summed E-state index contributed by atoms with van der Waals surface area (Å²) in [7, 11) is 0. The molecule has 1 fully saturated rings. The largest absolute Gasteiger partial charge is 0.376 e. The summed E-state index contributed by atoms with van der Waals surface area (Å²) in [6.45, 7) is 1.25. The van der Waals surface area contributed by atoms with Crippen LogP contribution in [0.1, 0.15) is 28.1 Å². The van der Waals surface area contributed by atoms with Crippen molar-refractivity contribution < 1.29 is 14.3 Å². The number of carbonyl (C=O) groups is 2. The summed E-state index contributed by atoms with van der Waals surface area (Å²) in [4.78, 5) is 30.1. The molecule has 5 rings (SSSR count). The fourth-order valence-electron chi connectivity index (χ4n) is 3.75. The lowest BCUT2D eigenvalue weighted by Crippen LogP contribution is -2.35. The maximum Gasteiger partial charge on any atom is 0.319 e. The van der Waals surface area contributed by atoms with Gasteiger partial charge in [-0.05, 0) is 42.5 Å². The van der Waals surface area contributed by atoms with Gasteiger partial charge in [-0.15, -0.1) is 11.3 Å². The SMILES string of the molecule is O=C(NCC1CCCO1)Nc1cccc(-c2ccnc3c(C(=O)c4cccs4)cnn23)c1. The molecule has 1 aliphatic heterocycles. The highest BCUT2D eigenvalue weighted by Gasteiger charge is 2.19. The van der Waals surface area contributed by atoms with E-state index < -0.39 is 0 Å². The van der Waals surface area contributed by atoms with E-state index in [4.69, 9.17) is 4.74 Å². The topological polar surface area (TPSA) is 97.6 Å². The summed E-state index contributed by atoms with van der Waals surface area (Å²) in [5, 5.41) is 12.0. The Hall–Kier alpha value is -3.56. The number of urea groups is 1. The summed E-state index contributed by atoms with van der Waals surface area (Å²) >= 11 is 1.39. The number of ketones is 1. The number of carbonyl (C=O) groups excluding carboxylic acids is 2. The van der Waals surface area contributed by atoms with Crippen LogP contribution in [0.3, 0.4) is 0 Å². The molecule has 3 aromatic heterocycles. The van der Waals surface area contributed by atoms with Crippen molar-refractivity contribution in [2.75, 3.05) is 18.5 Å². The first-order valence-corrected chi connectivity index (χ1v) is 11.2. The number of benzene rings is 1. The third-order valence-corrected chi connectivity index (χ3v) is 6.19. The van der Waals surface area contributed by atoms with Gasteiger partial charge < -0.3 is 15.4 Å². The van der Waals surface area contributed by atoms with Gasteiger partial charge in [0.2, 0.25) is 5.78 Å². The van der Waals surface area contributed by atoms with Crippen LogP contribution < -0.4 is 10.6 Å². The van der Waals surface area contributed by atoms with Gasteiger partial charge in [-0.1, -0.05) is 18.2 Å². The van der Waals surface area contributed by atoms with E-state index in [0.717, 1.165) is 30.7 Å². The molecule has 0 saturated carbocycles. The van der Waals surface area contributed by atoms with Crippen LogP contribution in [-0.2, 0) is 4.74 Å². The predicted octanol–water partition coefficient (Wildman–Crippen LogP) is 3.99. The van der Waals surface area contributed by atoms with E-state index in [2.05, 4.69) is 20.7 Å². The van der Waals surface area contributed by atoms with Crippen molar-refractivity contribution in [3.63, 3.8) is 0 Å². The monoisotopic (exact) mass is 447 g/mol. The van der Waals surface area contributed by atoms with Gasteiger partial charge in [-0.3, -0.25) is 4.79 Å². The van der Waals surface area contributed by atoms with E-state index in [0.29, 0.717) is 28.3 Å².